The Kier molecular flexibility index (Phi) is 7.08. The number of methoxy groups -OCH3 is 1. The Labute approximate surface area is 175 Å². The summed E-state index contributed by atoms with van der Waals surface area (Å²) in [5.41, 5.74) is 2.35. The molecular weight excluding hydrogens is 386 g/mol. The quantitative estimate of drug-likeness (QED) is 0.559. The van der Waals surface area contributed by atoms with Gasteiger partial charge in [-0.05, 0) is 35.9 Å². The summed E-state index contributed by atoms with van der Waals surface area (Å²) in [5.74, 6) is 6.41. The van der Waals surface area contributed by atoms with Crippen LogP contribution in [0.15, 0.2) is 42.5 Å². The van der Waals surface area contributed by atoms with Crippen LogP contribution in [-0.4, -0.2) is 60.3 Å². The maximum Gasteiger partial charge on any atom is 0.251 e. The zero-order chi connectivity index (χ0) is 21.7. The van der Waals surface area contributed by atoms with Crippen LogP contribution >= 0.6 is 0 Å². The SMILES string of the molecule is CNC(=O)c1cccc(C#Cc2cc(C3OC(CO)CC(O)C3O)ccc2OC)c1. The van der Waals surface area contributed by atoms with E-state index in [0.717, 1.165) is 0 Å². The Balaban J connectivity index is 1.93. The topological polar surface area (TPSA) is 108 Å². The van der Waals surface area contributed by atoms with Gasteiger partial charge in [-0.25, -0.2) is 0 Å². The number of ether oxygens (including phenoxy) is 2. The van der Waals surface area contributed by atoms with E-state index in [1.54, 1.807) is 49.5 Å². The lowest BCUT2D eigenvalue weighted by Gasteiger charge is -2.36. The van der Waals surface area contributed by atoms with Gasteiger partial charge in [-0.1, -0.05) is 24.0 Å². The lowest BCUT2D eigenvalue weighted by molar-refractivity contribution is -0.179. The third-order valence-corrected chi connectivity index (χ3v) is 5.00. The molecule has 1 heterocycles. The summed E-state index contributed by atoms with van der Waals surface area (Å²) in [5, 5.41) is 32.4. The van der Waals surface area contributed by atoms with Crippen molar-refractivity contribution in [2.45, 2.75) is 30.8 Å². The van der Waals surface area contributed by atoms with E-state index in [4.69, 9.17) is 9.47 Å². The van der Waals surface area contributed by atoms with Crippen molar-refractivity contribution in [3.05, 3.63) is 64.7 Å². The zero-order valence-corrected chi connectivity index (χ0v) is 16.8. The van der Waals surface area contributed by atoms with Gasteiger partial charge in [0.2, 0.25) is 0 Å². The van der Waals surface area contributed by atoms with E-state index in [2.05, 4.69) is 17.2 Å². The van der Waals surface area contributed by atoms with E-state index in [0.29, 0.717) is 28.0 Å². The molecule has 2 aromatic rings. The Morgan fingerprint density at radius 1 is 1.23 bits per heavy atom. The molecule has 3 rings (SSSR count). The molecule has 0 aliphatic carbocycles. The van der Waals surface area contributed by atoms with Gasteiger partial charge >= 0.3 is 0 Å². The largest absolute Gasteiger partial charge is 0.495 e. The van der Waals surface area contributed by atoms with E-state index in [-0.39, 0.29) is 18.9 Å². The minimum Gasteiger partial charge on any atom is -0.495 e. The summed E-state index contributed by atoms with van der Waals surface area (Å²) < 4.78 is 11.1. The molecule has 7 nitrogen and oxygen atoms in total. The van der Waals surface area contributed by atoms with Crippen LogP contribution in [0.3, 0.4) is 0 Å². The second-order valence-electron chi connectivity index (χ2n) is 7.02. The molecule has 4 unspecified atom stereocenters. The minimum atomic E-state index is -1.12. The summed E-state index contributed by atoms with van der Waals surface area (Å²) in [6, 6.07) is 12.1. The fourth-order valence-corrected chi connectivity index (χ4v) is 3.37. The van der Waals surface area contributed by atoms with Crippen LogP contribution in [0.1, 0.15) is 39.6 Å². The first-order valence-electron chi connectivity index (χ1n) is 9.61. The molecule has 4 N–H and O–H groups in total. The maximum atomic E-state index is 11.8. The van der Waals surface area contributed by atoms with Crippen LogP contribution in [0.2, 0.25) is 0 Å². The van der Waals surface area contributed by atoms with Crippen LogP contribution in [0.4, 0.5) is 0 Å². The van der Waals surface area contributed by atoms with Gasteiger partial charge < -0.3 is 30.1 Å². The molecule has 30 heavy (non-hydrogen) atoms. The number of amides is 1. The van der Waals surface area contributed by atoms with Crippen molar-refractivity contribution in [3.8, 4) is 17.6 Å². The lowest BCUT2D eigenvalue weighted by Crippen LogP contribution is -2.44. The van der Waals surface area contributed by atoms with Gasteiger partial charge in [0.15, 0.2) is 0 Å². The molecule has 2 aromatic carbocycles. The molecule has 1 fully saturated rings. The Morgan fingerprint density at radius 3 is 2.73 bits per heavy atom. The van der Waals surface area contributed by atoms with Gasteiger partial charge in [-0.15, -0.1) is 0 Å². The molecule has 0 radical (unpaired) electrons. The van der Waals surface area contributed by atoms with Crippen molar-refractivity contribution in [2.24, 2.45) is 0 Å². The van der Waals surface area contributed by atoms with E-state index < -0.39 is 24.4 Å². The van der Waals surface area contributed by atoms with E-state index in [1.807, 2.05) is 0 Å². The number of hydrogen-bond acceptors (Lipinski definition) is 6. The Hall–Kier alpha value is -2.89. The molecule has 1 saturated heterocycles. The highest BCUT2D eigenvalue weighted by Gasteiger charge is 2.37. The number of rotatable bonds is 4. The molecule has 0 bridgehead atoms. The first kappa shape index (κ1) is 21.8. The van der Waals surface area contributed by atoms with Crippen LogP contribution in [0.25, 0.3) is 0 Å². The summed E-state index contributed by atoms with van der Waals surface area (Å²) in [4.78, 5) is 11.8. The second kappa shape index (κ2) is 9.74. The molecule has 4 atom stereocenters. The van der Waals surface area contributed by atoms with Crippen molar-refractivity contribution in [3.63, 3.8) is 0 Å². The third-order valence-electron chi connectivity index (χ3n) is 5.00. The molecule has 1 amide bonds. The van der Waals surface area contributed by atoms with Crippen molar-refractivity contribution >= 4 is 5.91 Å². The number of benzene rings is 2. The summed E-state index contributed by atoms with van der Waals surface area (Å²) in [6.07, 6.45) is -3.30. The number of aliphatic hydroxyl groups excluding tert-OH is 3. The second-order valence-corrected chi connectivity index (χ2v) is 7.02. The molecule has 0 spiro atoms. The normalized spacial score (nSPS) is 23.2. The number of aliphatic hydroxyl groups is 3. The van der Waals surface area contributed by atoms with E-state index >= 15 is 0 Å². The third kappa shape index (κ3) is 4.81. The Morgan fingerprint density at radius 2 is 2.03 bits per heavy atom. The van der Waals surface area contributed by atoms with Crippen molar-refractivity contribution in [2.75, 3.05) is 20.8 Å². The number of carbonyl (C=O) groups is 1. The highest BCUT2D eigenvalue weighted by atomic mass is 16.5. The smallest absolute Gasteiger partial charge is 0.251 e. The van der Waals surface area contributed by atoms with Crippen LogP contribution in [0, 0.1) is 11.8 Å². The molecule has 158 valence electrons. The monoisotopic (exact) mass is 411 g/mol. The molecule has 0 aromatic heterocycles. The summed E-state index contributed by atoms with van der Waals surface area (Å²) in [6.45, 7) is -0.245. The molecule has 7 heteroatoms. The van der Waals surface area contributed by atoms with Crippen molar-refractivity contribution in [1.82, 2.24) is 5.32 Å². The molecule has 0 saturated carbocycles. The van der Waals surface area contributed by atoms with Crippen LogP contribution < -0.4 is 10.1 Å². The molecule has 1 aliphatic rings. The number of carbonyl (C=O) groups excluding carboxylic acids is 1. The zero-order valence-electron chi connectivity index (χ0n) is 16.8. The van der Waals surface area contributed by atoms with Gasteiger partial charge in [0.1, 0.15) is 18.0 Å². The molecular formula is C23H25NO6. The van der Waals surface area contributed by atoms with Gasteiger partial charge in [0.05, 0.1) is 31.5 Å². The number of nitrogens with one attached hydrogen (secondary N) is 1. The number of hydrogen-bond donors (Lipinski definition) is 4. The lowest BCUT2D eigenvalue weighted by atomic mass is 9.92. The summed E-state index contributed by atoms with van der Waals surface area (Å²) in [7, 11) is 3.10. The van der Waals surface area contributed by atoms with Crippen LogP contribution in [-0.2, 0) is 4.74 Å². The minimum absolute atomic E-state index is 0.165. The van der Waals surface area contributed by atoms with Gasteiger partial charge in [-0.3, -0.25) is 4.79 Å². The summed E-state index contributed by atoms with van der Waals surface area (Å²) >= 11 is 0. The first-order valence-corrected chi connectivity index (χ1v) is 9.61. The maximum absolute atomic E-state index is 11.8. The highest BCUT2D eigenvalue weighted by molar-refractivity contribution is 5.94. The first-order chi connectivity index (χ1) is 14.5. The van der Waals surface area contributed by atoms with E-state index in [9.17, 15) is 20.1 Å². The average molecular weight is 411 g/mol. The standard InChI is InChI=1S/C23H25NO6/c1-24-23(28)17-5-3-4-14(10-17)6-7-15-11-16(8-9-20(15)29-2)22-21(27)19(26)12-18(13-25)30-22/h3-5,8-11,18-19,21-22,25-27H,12-13H2,1-2H3,(H,24,28). The van der Waals surface area contributed by atoms with E-state index in [1.165, 1.54) is 7.11 Å². The molecule has 1 aliphatic heterocycles. The highest BCUT2D eigenvalue weighted by Crippen LogP contribution is 2.34. The average Bonchev–Trinajstić information content (AvgIpc) is 2.78. The fourth-order valence-electron chi connectivity index (χ4n) is 3.37. The van der Waals surface area contributed by atoms with Crippen LogP contribution in [0.5, 0.6) is 5.75 Å². The van der Waals surface area contributed by atoms with Crippen molar-refractivity contribution < 1.29 is 29.6 Å². The fraction of sp³-hybridized carbons (Fsp3) is 0.348. The van der Waals surface area contributed by atoms with Crippen molar-refractivity contribution in [1.29, 1.82) is 0 Å². The predicted molar refractivity (Wildman–Crippen MR) is 110 cm³/mol. The van der Waals surface area contributed by atoms with Gasteiger partial charge in [0.25, 0.3) is 5.91 Å². The Bertz CT molecular complexity index is 964. The van der Waals surface area contributed by atoms with Gasteiger partial charge in [-0.2, -0.15) is 0 Å². The van der Waals surface area contributed by atoms with Gasteiger partial charge in [0, 0.05) is 24.6 Å². The predicted octanol–water partition coefficient (Wildman–Crippen LogP) is 0.999.